The fraction of sp³-hybridized carbons (Fsp3) is 0.471. The highest BCUT2D eigenvalue weighted by Crippen LogP contribution is 2.34. The molecule has 2 rings (SSSR count). The average Bonchev–Trinajstić information content (AvgIpc) is 2.85. The maximum atomic E-state index is 4.68. The predicted octanol–water partition coefficient (Wildman–Crippen LogP) is 4.69. The number of benzene rings is 1. The third-order valence-corrected chi connectivity index (χ3v) is 4.46. The van der Waals surface area contributed by atoms with Crippen LogP contribution in [-0.4, -0.2) is 12.0 Å². The molecule has 0 radical (unpaired) electrons. The summed E-state index contributed by atoms with van der Waals surface area (Å²) in [5.41, 5.74) is 6.98. The number of nitrogens with zero attached hydrogens (tertiary/aromatic N) is 1. The number of nitrogens with two attached hydrogens (primary N) is 1. The number of aromatic nitrogens is 1. The molecule has 20 heavy (non-hydrogen) atoms. The lowest BCUT2D eigenvalue weighted by molar-refractivity contribution is 0.633. The van der Waals surface area contributed by atoms with Crippen molar-refractivity contribution in [3.05, 3.63) is 51.5 Å². The van der Waals surface area contributed by atoms with Crippen molar-refractivity contribution in [3.63, 3.8) is 0 Å². The Kier molecular flexibility index (Phi) is 8.35. The molecule has 0 saturated carbocycles. The van der Waals surface area contributed by atoms with E-state index >= 15 is 0 Å². The maximum Gasteiger partial charge on any atom is 0.103 e. The fourth-order valence-electron chi connectivity index (χ4n) is 1.72. The maximum absolute atomic E-state index is 4.68. The minimum atomic E-state index is 0.00491. The third-order valence-electron chi connectivity index (χ3n) is 3.06. The van der Waals surface area contributed by atoms with Crippen molar-refractivity contribution in [1.29, 1.82) is 0 Å². The summed E-state index contributed by atoms with van der Waals surface area (Å²) in [6.07, 6.45) is 0. The Morgan fingerprint density at radius 1 is 1.00 bits per heavy atom. The van der Waals surface area contributed by atoms with Crippen molar-refractivity contribution in [1.82, 2.24) is 4.98 Å². The Labute approximate surface area is 128 Å². The van der Waals surface area contributed by atoms with Crippen LogP contribution >= 0.6 is 11.3 Å². The first-order valence-corrected chi connectivity index (χ1v) is 7.91. The number of aryl methyl sites for hydroxylation is 2. The lowest BCUT2D eigenvalue weighted by Gasteiger charge is -2.22. The van der Waals surface area contributed by atoms with E-state index in [-0.39, 0.29) is 5.41 Å². The van der Waals surface area contributed by atoms with Gasteiger partial charge in [-0.3, -0.25) is 0 Å². The SMILES string of the molecule is CC.CN.Cc1nc(C(C)(C)c2ccccc2)sc1C. The molecule has 112 valence electrons. The molecule has 0 aliphatic rings. The molecule has 0 fully saturated rings. The molecule has 2 nitrogen and oxygen atoms in total. The van der Waals surface area contributed by atoms with Crippen molar-refractivity contribution in [2.45, 2.75) is 47.0 Å². The van der Waals surface area contributed by atoms with E-state index in [0.29, 0.717) is 0 Å². The molecule has 0 atom stereocenters. The van der Waals surface area contributed by atoms with Gasteiger partial charge in [0.05, 0.1) is 5.69 Å². The van der Waals surface area contributed by atoms with E-state index in [4.69, 9.17) is 0 Å². The molecule has 2 aromatic rings. The van der Waals surface area contributed by atoms with Crippen LogP contribution in [0.4, 0.5) is 0 Å². The van der Waals surface area contributed by atoms with E-state index in [1.165, 1.54) is 22.5 Å². The molecule has 1 aromatic carbocycles. The second kappa shape index (κ2) is 8.88. The van der Waals surface area contributed by atoms with Gasteiger partial charge in [0.15, 0.2) is 0 Å². The largest absolute Gasteiger partial charge is 0.333 e. The molecule has 0 amide bonds. The molecule has 3 heteroatoms. The van der Waals surface area contributed by atoms with E-state index < -0.39 is 0 Å². The molecule has 0 aliphatic carbocycles. The molecular weight excluding hydrogens is 264 g/mol. The highest BCUT2D eigenvalue weighted by Gasteiger charge is 2.26. The smallest absolute Gasteiger partial charge is 0.103 e. The van der Waals surface area contributed by atoms with E-state index in [0.717, 1.165) is 5.69 Å². The summed E-state index contributed by atoms with van der Waals surface area (Å²) in [6.45, 7) is 12.7. The first-order chi connectivity index (χ1) is 9.51. The van der Waals surface area contributed by atoms with Gasteiger partial charge >= 0.3 is 0 Å². The topological polar surface area (TPSA) is 38.9 Å². The van der Waals surface area contributed by atoms with Gasteiger partial charge in [0.1, 0.15) is 5.01 Å². The normalized spacial score (nSPS) is 10.0. The Morgan fingerprint density at radius 3 is 1.90 bits per heavy atom. The van der Waals surface area contributed by atoms with E-state index in [1.807, 2.05) is 13.8 Å². The second-order valence-electron chi connectivity index (χ2n) is 4.65. The monoisotopic (exact) mass is 292 g/mol. The van der Waals surface area contributed by atoms with Crippen LogP contribution in [0.25, 0.3) is 0 Å². The molecule has 0 unspecified atom stereocenters. The summed E-state index contributed by atoms with van der Waals surface area (Å²) in [7, 11) is 1.50. The molecule has 1 aromatic heterocycles. The van der Waals surface area contributed by atoms with Crippen molar-refractivity contribution < 1.29 is 0 Å². The lowest BCUT2D eigenvalue weighted by Crippen LogP contribution is -2.18. The third kappa shape index (κ3) is 4.43. The zero-order chi connectivity index (χ0) is 15.8. The first-order valence-electron chi connectivity index (χ1n) is 7.09. The Bertz CT molecular complexity index is 467. The Balaban J connectivity index is 0.000000829. The number of hydrogen-bond acceptors (Lipinski definition) is 3. The van der Waals surface area contributed by atoms with Crippen LogP contribution < -0.4 is 5.73 Å². The summed E-state index contributed by atoms with van der Waals surface area (Å²) in [5, 5.41) is 1.20. The summed E-state index contributed by atoms with van der Waals surface area (Å²) < 4.78 is 0. The minimum absolute atomic E-state index is 0.00491. The average molecular weight is 292 g/mol. The summed E-state index contributed by atoms with van der Waals surface area (Å²) in [5.74, 6) is 0. The lowest BCUT2D eigenvalue weighted by atomic mass is 9.85. The quantitative estimate of drug-likeness (QED) is 0.872. The summed E-state index contributed by atoms with van der Waals surface area (Å²) in [4.78, 5) is 6.00. The van der Waals surface area contributed by atoms with Gasteiger partial charge in [0.25, 0.3) is 0 Å². The van der Waals surface area contributed by atoms with Gasteiger partial charge < -0.3 is 5.73 Å². The van der Waals surface area contributed by atoms with Crippen molar-refractivity contribution in [2.24, 2.45) is 5.73 Å². The van der Waals surface area contributed by atoms with E-state index in [1.54, 1.807) is 11.3 Å². The van der Waals surface area contributed by atoms with Gasteiger partial charge in [-0.1, -0.05) is 44.2 Å². The minimum Gasteiger partial charge on any atom is -0.333 e. The van der Waals surface area contributed by atoms with Crippen molar-refractivity contribution in [2.75, 3.05) is 7.05 Å². The molecule has 0 aliphatic heterocycles. The standard InChI is InChI=1S/C14H17NS.C2H6.CH5N/c1-10-11(2)16-13(15-10)14(3,4)12-8-6-5-7-9-12;2*1-2/h5-9H,1-4H3;1-2H3;2H2,1H3. The van der Waals surface area contributed by atoms with Gasteiger partial charge in [-0.2, -0.15) is 0 Å². The van der Waals surface area contributed by atoms with E-state index in [9.17, 15) is 0 Å². The Morgan fingerprint density at radius 2 is 1.50 bits per heavy atom. The number of thiazole rings is 1. The highest BCUT2D eigenvalue weighted by atomic mass is 32.1. The van der Waals surface area contributed by atoms with Crippen LogP contribution in [0.3, 0.4) is 0 Å². The van der Waals surface area contributed by atoms with Gasteiger partial charge in [-0.25, -0.2) is 4.98 Å². The van der Waals surface area contributed by atoms with Crippen LogP contribution in [0.1, 0.15) is 48.8 Å². The molecule has 0 bridgehead atoms. The van der Waals surface area contributed by atoms with Gasteiger partial charge in [-0.15, -0.1) is 11.3 Å². The van der Waals surface area contributed by atoms with Crippen LogP contribution in [-0.2, 0) is 5.41 Å². The molecular formula is C17H28N2S. The summed E-state index contributed by atoms with van der Waals surface area (Å²) >= 11 is 1.81. The Hall–Kier alpha value is -1.19. The highest BCUT2D eigenvalue weighted by molar-refractivity contribution is 7.11. The van der Waals surface area contributed by atoms with Crippen LogP contribution in [0.5, 0.6) is 0 Å². The van der Waals surface area contributed by atoms with E-state index in [2.05, 4.69) is 68.7 Å². The zero-order valence-electron chi connectivity index (χ0n) is 13.8. The number of rotatable bonds is 2. The molecule has 0 saturated heterocycles. The fourth-order valence-corrected chi connectivity index (χ4v) is 2.76. The molecule has 2 N–H and O–H groups in total. The molecule has 0 spiro atoms. The van der Waals surface area contributed by atoms with Crippen LogP contribution in [0.15, 0.2) is 30.3 Å². The number of hydrogen-bond donors (Lipinski definition) is 1. The van der Waals surface area contributed by atoms with Crippen LogP contribution in [0, 0.1) is 13.8 Å². The summed E-state index contributed by atoms with van der Waals surface area (Å²) in [6, 6.07) is 10.6. The predicted molar refractivity (Wildman–Crippen MR) is 91.6 cm³/mol. The van der Waals surface area contributed by atoms with Gasteiger partial charge in [0, 0.05) is 10.3 Å². The first kappa shape index (κ1) is 18.8. The van der Waals surface area contributed by atoms with Gasteiger partial charge in [-0.05, 0) is 40.3 Å². The van der Waals surface area contributed by atoms with Crippen molar-refractivity contribution in [3.8, 4) is 0 Å². The molecule has 1 heterocycles. The van der Waals surface area contributed by atoms with Crippen molar-refractivity contribution >= 4 is 11.3 Å². The van der Waals surface area contributed by atoms with Gasteiger partial charge in [0.2, 0.25) is 0 Å². The zero-order valence-corrected chi connectivity index (χ0v) is 14.6. The second-order valence-corrected chi connectivity index (χ2v) is 5.85. The van der Waals surface area contributed by atoms with Crippen LogP contribution in [0.2, 0.25) is 0 Å².